The van der Waals surface area contributed by atoms with Crippen LogP contribution in [0.15, 0.2) is 41.4 Å². The third-order valence-electron chi connectivity index (χ3n) is 5.63. The van der Waals surface area contributed by atoms with Gasteiger partial charge < -0.3 is 11.1 Å². The first-order valence-corrected chi connectivity index (χ1v) is 14.0. The Morgan fingerprint density at radius 1 is 1.37 bits per heavy atom. The first-order valence-electron chi connectivity index (χ1n) is 10.6. The van der Waals surface area contributed by atoms with E-state index in [0.717, 1.165) is 24.2 Å². The van der Waals surface area contributed by atoms with Gasteiger partial charge >= 0.3 is 10.3 Å². The Balaban J connectivity index is 1.49. The Hall–Kier alpha value is -2.00. The SMILES string of the molecule is NC(c1cccc(Br)n1)c1cc(C(=O)c2cncnc2N[C@H]2CC[C@@H](COS(N)(=O)=O)C2)sc1Cl. The van der Waals surface area contributed by atoms with Crippen LogP contribution < -0.4 is 16.2 Å². The number of nitrogens with one attached hydrogen (secondary N) is 1. The van der Waals surface area contributed by atoms with Crippen LogP contribution in [0, 0.1) is 5.92 Å². The Morgan fingerprint density at radius 3 is 2.91 bits per heavy atom. The van der Waals surface area contributed by atoms with Crippen LogP contribution in [0.4, 0.5) is 5.82 Å². The molecule has 3 aromatic heterocycles. The third-order valence-corrected chi connectivity index (χ3v) is 7.93. The van der Waals surface area contributed by atoms with E-state index < -0.39 is 16.3 Å². The van der Waals surface area contributed by atoms with E-state index in [4.69, 9.17) is 26.7 Å². The molecule has 0 aliphatic heterocycles. The van der Waals surface area contributed by atoms with Gasteiger partial charge in [-0.2, -0.15) is 8.42 Å². The van der Waals surface area contributed by atoms with E-state index in [1.807, 2.05) is 6.07 Å². The number of thiophene rings is 1. The average molecular weight is 602 g/mol. The summed E-state index contributed by atoms with van der Waals surface area (Å²) in [6.45, 7) is 0.0240. The van der Waals surface area contributed by atoms with E-state index in [2.05, 4.69) is 36.2 Å². The van der Waals surface area contributed by atoms with Crippen molar-refractivity contribution in [3.05, 3.63) is 67.4 Å². The maximum absolute atomic E-state index is 13.4. The summed E-state index contributed by atoms with van der Waals surface area (Å²) in [5.74, 6) is 0.137. The zero-order valence-corrected chi connectivity index (χ0v) is 22.2. The number of ketones is 1. The van der Waals surface area contributed by atoms with Crippen LogP contribution in [-0.2, 0) is 14.5 Å². The van der Waals surface area contributed by atoms with E-state index in [0.29, 0.717) is 42.9 Å². The molecule has 4 rings (SSSR count). The number of carbonyl (C=O) groups excluding carboxylic acids is 1. The number of hydrogen-bond donors (Lipinski definition) is 3. The zero-order valence-electron chi connectivity index (χ0n) is 18.2. The zero-order chi connectivity index (χ0) is 25.2. The minimum absolute atomic E-state index is 0.0102. The number of rotatable bonds is 9. The van der Waals surface area contributed by atoms with Crippen molar-refractivity contribution in [1.82, 2.24) is 15.0 Å². The Bertz CT molecular complexity index is 1340. The summed E-state index contributed by atoms with van der Waals surface area (Å²) >= 11 is 10.9. The maximum atomic E-state index is 13.4. The molecule has 14 heteroatoms. The van der Waals surface area contributed by atoms with E-state index >= 15 is 0 Å². The highest BCUT2D eigenvalue weighted by Gasteiger charge is 2.28. The molecule has 186 valence electrons. The molecule has 0 radical (unpaired) electrons. The second-order valence-electron chi connectivity index (χ2n) is 8.11. The lowest BCUT2D eigenvalue weighted by Crippen LogP contribution is -2.22. The van der Waals surface area contributed by atoms with Crippen molar-refractivity contribution in [3.63, 3.8) is 0 Å². The number of nitrogens with two attached hydrogens (primary N) is 2. The van der Waals surface area contributed by atoms with Gasteiger partial charge in [0.05, 0.1) is 33.1 Å². The normalized spacial score (nSPS) is 19.0. The fraction of sp³-hybridized carbons (Fsp3) is 0.333. The predicted molar refractivity (Wildman–Crippen MR) is 137 cm³/mol. The van der Waals surface area contributed by atoms with E-state index in [-0.39, 0.29) is 24.3 Å². The number of pyridine rings is 1. The number of hydrogen-bond acceptors (Lipinski definition) is 10. The minimum atomic E-state index is -3.97. The monoisotopic (exact) mass is 600 g/mol. The fourth-order valence-electron chi connectivity index (χ4n) is 3.95. The third kappa shape index (κ3) is 6.61. The van der Waals surface area contributed by atoms with E-state index in [1.165, 1.54) is 12.5 Å². The van der Waals surface area contributed by atoms with Crippen LogP contribution in [0.3, 0.4) is 0 Å². The molecule has 5 N–H and O–H groups in total. The molecule has 0 spiro atoms. The number of nitrogens with zero attached hydrogens (tertiary/aromatic N) is 3. The molecule has 1 aliphatic carbocycles. The van der Waals surface area contributed by atoms with Gasteiger partial charge in [0, 0.05) is 17.8 Å². The first-order chi connectivity index (χ1) is 16.6. The summed E-state index contributed by atoms with van der Waals surface area (Å²) < 4.78 is 27.9. The van der Waals surface area contributed by atoms with E-state index in [1.54, 1.807) is 18.2 Å². The lowest BCUT2D eigenvalue weighted by molar-refractivity contribution is 0.104. The van der Waals surface area contributed by atoms with Gasteiger partial charge in [-0.3, -0.25) is 8.98 Å². The molecule has 1 fully saturated rings. The van der Waals surface area contributed by atoms with Crippen molar-refractivity contribution in [3.8, 4) is 0 Å². The summed E-state index contributed by atoms with van der Waals surface area (Å²) in [7, 11) is -3.97. The van der Waals surface area contributed by atoms with Crippen LogP contribution in [0.5, 0.6) is 0 Å². The summed E-state index contributed by atoms with van der Waals surface area (Å²) in [6, 6.07) is 6.48. The van der Waals surface area contributed by atoms with Crippen molar-refractivity contribution in [2.75, 3.05) is 11.9 Å². The summed E-state index contributed by atoms with van der Waals surface area (Å²) in [5.41, 5.74) is 7.90. The average Bonchev–Trinajstić information content (AvgIpc) is 3.43. The smallest absolute Gasteiger partial charge is 0.333 e. The van der Waals surface area contributed by atoms with Crippen LogP contribution in [0.25, 0.3) is 0 Å². The Labute approximate surface area is 219 Å². The molecule has 3 atom stereocenters. The van der Waals surface area contributed by atoms with Crippen molar-refractivity contribution in [2.24, 2.45) is 16.8 Å². The first kappa shape index (κ1) is 26.1. The summed E-state index contributed by atoms with van der Waals surface area (Å²) in [5, 5.41) is 8.20. The van der Waals surface area contributed by atoms with Gasteiger partial charge in [-0.05, 0) is 59.3 Å². The highest BCUT2D eigenvalue weighted by atomic mass is 79.9. The number of halogens is 2. The van der Waals surface area contributed by atoms with Crippen molar-refractivity contribution in [1.29, 1.82) is 0 Å². The van der Waals surface area contributed by atoms with Crippen molar-refractivity contribution >= 4 is 60.8 Å². The molecule has 35 heavy (non-hydrogen) atoms. The molecule has 0 aromatic carbocycles. The number of aromatic nitrogens is 3. The van der Waals surface area contributed by atoms with Gasteiger partial charge in [-0.1, -0.05) is 17.7 Å². The Morgan fingerprint density at radius 2 is 2.17 bits per heavy atom. The molecule has 1 unspecified atom stereocenters. The maximum Gasteiger partial charge on any atom is 0.333 e. The molecular formula is C21H22BrClN6O4S2. The van der Waals surface area contributed by atoms with Crippen molar-refractivity contribution < 1.29 is 17.4 Å². The number of anilines is 1. The molecule has 0 saturated heterocycles. The largest absolute Gasteiger partial charge is 0.367 e. The lowest BCUT2D eigenvalue weighted by atomic mass is 10.1. The van der Waals surface area contributed by atoms with Gasteiger partial charge in [-0.15, -0.1) is 11.3 Å². The second kappa shape index (κ2) is 10.9. The van der Waals surface area contributed by atoms with Crippen LogP contribution in [0.1, 0.15) is 51.8 Å². The van der Waals surface area contributed by atoms with Gasteiger partial charge in [0.25, 0.3) is 0 Å². The molecule has 0 amide bonds. The van der Waals surface area contributed by atoms with Gasteiger partial charge in [0.1, 0.15) is 16.7 Å². The Kier molecular flexibility index (Phi) is 8.16. The fourth-order valence-corrected chi connectivity index (χ4v) is 6.00. The van der Waals surface area contributed by atoms with Gasteiger partial charge in [-0.25, -0.2) is 20.1 Å². The van der Waals surface area contributed by atoms with Crippen LogP contribution in [-0.4, -0.2) is 41.8 Å². The second-order valence-corrected chi connectivity index (χ2v) is 11.8. The van der Waals surface area contributed by atoms with E-state index in [9.17, 15) is 13.2 Å². The van der Waals surface area contributed by atoms with Gasteiger partial charge in [0.2, 0.25) is 5.78 Å². The standard InChI is InChI=1S/C21H22BrClN6O4S2/c22-17-3-1-2-15(29-17)18(24)13-7-16(34-20(13)23)19(30)14-8-26-10-27-21(14)28-12-5-4-11(6-12)9-33-35(25,31)32/h1-3,7-8,10-12,18H,4-6,9,24H2,(H2,25,31,32)(H,26,27,28)/t11-,12+,18?/m1/s1. The quantitative estimate of drug-likeness (QED) is 0.246. The summed E-state index contributed by atoms with van der Waals surface area (Å²) in [6.07, 6.45) is 4.98. The predicted octanol–water partition coefficient (Wildman–Crippen LogP) is 3.43. The minimum Gasteiger partial charge on any atom is -0.367 e. The molecule has 1 aliphatic rings. The highest BCUT2D eigenvalue weighted by Crippen LogP contribution is 2.36. The van der Waals surface area contributed by atoms with Crippen LogP contribution >= 0.6 is 38.9 Å². The highest BCUT2D eigenvalue weighted by molar-refractivity contribution is 9.10. The molecule has 3 heterocycles. The molecule has 10 nitrogen and oxygen atoms in total. The summed E-state index contributed by atoms with van der Waals surface area (Å²) in [4.78, 5) is 26.4. The molecule has 1 saturated carbocycles. The molecule has 0 bridgehead atoms. The van der Waals surface area contributed by atoms with Crippen molar-refractivity contribution in [2.45, 2.75) is 31.3 Å². The number of carbonyl (C=O) groups is 1. The molecule has 3 aromatic rings. The topological polar surface area (TPSA) is 163 Å². The molecular weight excluding hydrogens is 580 g/mol. The van der Waals surface area contributed by atoms with Gasteiger partial charge in [0.15, 0.2) is 0 Å². The lowest BCUT2D eigenvalue weighted by Gasteiger charge is -2.15. The van der Waals surface area contributed by atoms with Crippen LogP contribution in [0.2, 0.25) is 4.34 Å².